The molecule has 2 aliphatic rings. The summed E-state index contributed by atoms with van der Waals surface area (Å²) in [4.78, 5) is 24.8. The first kappa shape index (κ1) is 15.1. The van der Waals surface area contributed by atoms with Crippen LogP contribution in [0.5, 0.6) is 0 Å². The summed E-state index contributed by atoms with van der Waals surface area (Å²) in [5, 5.41) is 12.0. The highest BCUT2D eigenvalue weighted by Gasteiger charge is 2.42. The molecule has 2 aliphatic heterocycles. The summed E-state index contributed by atoms with van der Waals surface area (Å²) in [5.41, 5.74) is -0.923. The van der Waals surface area contributed by atoms with Crippen molar-refractivity contribution in [3.63, 3.8) is 0 Å². The minimum atomic E-state index is -0.839. The van der Waals surface area contributed by atoms with E-state index in [0.717, 1.165) is 12.8 Å². The Morgan fingerprint density at radius 1 is 1.35 bits per heavy atom. The van der Waals surface area contributed by atoms with Crippen molar-refractivity contribution in [2.24, 2.45) is 5.41 Å². The van der Waals surface area contributed by atoms with Gasteiger partial charge in [-0.1, -0.05) is 0 Å². The maximum absolute atomic E-state index is 12.0. The maximum Gasteiger partial charge on any atom is 0.317 e. The second-order valence-corrected chi connectivity index (χ2v) is 6.76. The van der Waals surface area contributed by atoms with Gasteiger partial charge in [0.2, 0.25) is 0 Å². The third-order valence-corrected chi connectivity index (χ3v) is 4.31. The number of ether oxygens (including phenoxy) is 1. The fourth-order valence-corrected chi connectivity index (χ4v) is 2.84. The Hall–Kier alpha value is -1.30. The van der Waals surface area contributed by atoms with E-state index in [1.165, 1.54) is 0 Å². The predicted octanol–water partition coefficient (Wildman–Crippen LogP) is 1.45. The third kappa shape index (κ3) is 3.23. The predicted molar refractivity (Wildman–Crippen MR) is 73.5 cm³/mol. The molecular weight excluding hydrogens is 260 g/mol. The first-order valence-electron chi connectivity index (χ1n) is 7.16. The minimum absolute atomic E-state index is 0.0578. The lowest BCUT2D eigenvalue weighted by Gasteiger charge is -2.22. The Labute approximate surface area is 119 Å². The van der Waals surface area contributed by atoms with Gasteiger partial charge in [-0.25, -0.2) is 4.79 Å². The highest BCUT2D eigenvalue weighted by atomic mass is 16.5. The zero-order valence-electron chi connectivity index (χ0n) is 12.4. The van der Waals surface area contributed by atoms with Gasteiger partial charge in [0, 0.05) is 19.6 Å². The van der Waals surface area contributed by atoms with Crippen LogP contribution in [0.4, 0.5) is 4.79 Å². The molecule has 2 heterocycles. The van der Waals surface area contributed by atoms with E-state index in [0.29, 0.717) is 19.5 Å². The lowest BCUT2D eigenvalue weighted by molar-refractivity contribution is -0.147. The van der Waals surface area contributed by atoms with Crippen molar-refractivity contribution in [1.82, 2.24) is 10.2 Å². The van der Waals surface area contributed by atoms with Gasteiger partial charge in [0.25, 0.3) is 0 Å². The Morgan fingerprint density at radius 3 is 2.55 bits per heavy atom. The highest BCUT2D eigenvalue weighted by Crippen LogP contribution is 2.31. The number of hydrogen-bond donors (Lipinski definition) is 2. The number of carboxylic acids is 1. The Bertz CT molecular complexity index is 410. The number of aliphatic carboxylic acids is 1. The molecule has 2 saturated heterocycles. The second kappa shape index (κ2) is 5.24. The molecule has 20 heavy (non-hydrogen) atoms. The van der Waals surface area contributed by atoms with E-state index in [1.807, 2.05) is 13.8 Å². The van der Waals surface area contributed by atoms with Crippen LogP contribution in [0, 0.1) is 5.41 Å². The normalized spacial score (nSPS) is 32.4. The number of urea groups is 1. The maximum atomic E-state index is 12.0. The largest absolute Gasteiger partial charge is 0.481 e. The van der Waals surface area contributed by atoms with E-state index in [9.17, 15) is 9.59 Å². The quantitative estimate of drug-likeness (QED) is 0.822. The van der Waals surface area contributed by atoms with Crippen molar-refractivity contribution in [2.45, 2.75) is 51.7 Å². The summed E-state index contributed by atoms with van der Waals surface area (Å²) in [6.07, 6.45) is 2.50. The number of nitrogens with one attached hydrogen (secondary N) is 1. The zero-order chi connectivity index (χ0) is 15.0. The van der Waals surface area contributed by atoms with Crippen LogP contribution in [0.2, 0.25) is 0 Å². The highest BCUT2D eigenvalue weighted by molar-refractivity contribution is 5.79. The number of likely N-dealkylation sites (tertiary alicyclic amines) is 1. The molecule has 0 aromatic heterocycles. The molecule has 2 rings (SSSR count). The van der Waals surface area contributed by atoms with Crippen LogP contribution in [-0.2, 0) is 9.53 Å². The summed E-state index contributed by atoms with van der Waals surface area (Å²) in [5.74, 6) is -0.839. The van der Waals surface area contributed by atoms with Gasteiger partial charge < -0.3 is 20.1 Å². The van der Waals surface area contributed by atoms with Gasteiger partial charge in [-0.15, -0.1) is 0 Å². The molecule has 2 atom stereocenters. The van der Waals surface area contributed by atoms with E-state index in [2.05, 4.69) is 5.32 Å². The Morgan fingerprint density at radius 2 is 2.05 bits per heavy atom. The Balaban J connectivity index is 1.78. The fourth-order valence-electron chi connectivity index (χ4n) is 2.84. The van der Waals surface area contributed by atoms with E-state index in [-0.39, 0.29) is 24.3 Å². The van der Waals surface area contributed by atoms with Crippen molar-refractivity contribution in [1.29, 1.82) is 0 Å². The average Bonchev–Trinajstić information content (AvgIpc) is 2.91. The summed E-state index contributed by atoms with van der Waals surface area (Å²) in [6.45, 7) is 7.03. The molecule has 0 spiro atoms. The first-order valence-corrected chi connectivity index (χ1v) is 7.16. The summed E-state index contributed by atoms with van der Waals surface area (Å²) in [7, 11) is 0. The molecule has 2 amide bonds. The minimum Gasteiger partial charge on any atom is -0.481 e. The summed E-state index contributed by atoms with van der Waals surface area (Å²) >= 11 is 0. The molecule has 0 aliphatic carbocycles. The smallest absolute Gasteiger partial charge is 0.317 e. The Kier molecular flexibility index (Phi) is 3.95. The van der Waals surface area contributed by atoms with Crippen molar-refractivity contribution >= 4 is 12.0 Å². The lowest BCUT2D eigenvalue weighted by Crippen LogP contribution is -2.43. The summed E-state index contributed by atoms with van der Waals surface area (Å²) in [6, 6.07) is -0.191. The van der Waals surface area contributed by atoms with Gasteiger partial charge in [0.15, 0.2) is 0 Å². The molecule has 0 radical (unpaired) electrons. The first-order chi connectivity index (χ1) is 9.22. The van der Waals surface area contributed by atoms with Crippen LogP contribution in [-0.4, -0.2) is 53.3 Å². The molecule has 6 nitrogen and oxygen atoms in total. The van der Waals surface area contributed by atoms with Gasteiger partial charge in [-0.2, -0.15) is 0 Å². The van der Waals surface area contributed by atoms with Gasteiger partial charge in [-0.3, -0.25) is 4.79 Å². The molecule has 6 heteroatoms. The van der Waals surface area contributed by atoms with E-state index < -0.39 is 11.4 Å². The lowest BCUT2D eigenvalue weighted by atomic mass is 9.90. The van der Waals surface area contributed by atoms with Crippen molar-refractivity contribution in [3.05, 3.63) is 0 Å². The molecule has 2 N–H and O–H groups in total. The number of carbonyl (C=O) groups excluding carboxylic acids is 1. The van der Waals surface area contributed by atoms with Crippen LogP contribution >= 0.6 is 0 Å². The van der Waals surface area contributed by atoms with E-state index >= 15 is 0 Å². The number of carboxylic acid groups (broad SMARTS) is 1. The van der Waals surface area contributed by atoms with Crippen molar-refractivity contribution in [2.75, 3.05) is 19.6 Å². The molecule has 114 valence electrons. The number of hydrogen-bond acceptors (Lipinski definition) is 3. The van der Waals surface area contributed by atoms with E-state index in [4.69, 9.17) is 9.84 Å². The molecular formula is C14H24N2O4. The summed E-state index contributed by atoms with van der Waals surface area (Å²) < 4.78 is 5.81. The monoisotopic (exact) mass is 284 g/mol. The number of rotatable bonds is 3. The molecule has 2 fully saturated rings. The SMILES string of the molecule is CC1(C)CCC(CNC(=O)N2CCC(C)(C(=O)O)C2)O1. The van der Waals surface area contributed by atoms with E-state index in [1.54, 1.807) is 11.8 Å². The molecule has 2 unspecified atom stereocenters. The fraction of sp³-hybridized carbons (Fsp3) is 0.857. The van der Waals surface area contributed by atoms with Crippen molar-refractivity contribution < 1.29 is 19.4 Å². The van der Waals surface area contributed by atoms with Crippen LogP contribution in [0.3, 0.4) is 0 Å². The number of amides is 2. The zero-order valence-corrected chi connectivity index (χ0v) is 12.4. The third-order valence-electron chi connectivity index (χ3n) is 4.31. The number of nitrogens with zero attached hydrogens (tertiary/aromatic N) is 1. The molecule has 0 saturated carbocycles. The van der Waals surface area contributed by atoms with Crippen molar-refractivity contribution in [3.8, 4) is 0 Å². The molecule has 0 aromatic rings. The average molecular weight is 284 g/mol. The van der Waals surface area contributed by atoms with Gasteiger partial charge in [0.05, 0.1) is 17.1 Å². The van der Waals surface area contributed by atoms with Gasteiger partial charge in [-0.05, 0) is 40.0 Å². The second-order valence-electron chi connectivity index (χ2n) is 6.76. The molecule has 0 aromatic carbocycles. The standard InChI is InChI=1S/C14H24N2O4/c1-13(2)5-4-10(20-13)8-15-12(19)16-7-6-14(3,9-16)11(17)18/h10H,4-9H2,1-3H3,(H,15,19)(H,17,18). The molecule has 0 bridgehead atoms. The number of carbonyl (C=O) groups is 2. The van der Waals surface area contributed by atoms with Crippen LogP contribution in [0.1, 0.15) is 40.0 Å². The van der Waals surface area contributed by atoms with Crippen LogP contribution in [0.15, 0.2) is 0 Å². The van der Waals surface area contributed by atoms with Gasteiger partial charge >= 0.3 is 12.0 Å². The van der Waals surface area contributed by atoms with Crippen LogP contribution in [0.25, 0.3) is 0 Å². The topological polar surface area (TPSA) is 78.9 Å². The van der Waals surface area contributed by atoms with Crippen LogP contribution < -0.4 is 5.32 Å². The van der Waals surface area contributed by atoms with Gasteiger partial charge in [0.1, 0.15) is 0 Å².